The van der Waals surface area contributed by atoms with Crippen molar-refractivity contribution in [2.75, 3.05) is 40.0 Å². The van der Waals surface area contributed by atoms with Gasteiger partial charge in [-0.25, -0.2) is 4.39 Å². The highest BCUT2D eigenvalue weighted by molar-refractivity contribution is 5.36. The molecule has 0 bridgehead atoms. The number of nitrogen functional groups attached to an aromatic ring is 1. The van der Waals surface area contributed by atoms with E-state index in [0.29, 0.717) is 5.69 Å². The van der Waals surface area contributed by atoms with Crippen LogP contribution in [0.3, 0.4) is 0 Å². The molecule has 0 aliphatic carbocycles. The van der Waals surface area contributed by atoms with Crippen LogP contribution in [-0.2, 0) is 0 Å². The van der Waals surface area contributed by atoms with Crippen LogP contribution < -0.4 is 11.1 Å². The minimum atomic E-state index is -0.287. The van der Waals surface area contributed by atoms with Gasteiger partial charge in [-0.15, -0.1) is 0 Å². The molecule has 0 saturated carbocycles. The topological polar surface area (TPSA) is 41.3 Å². The zero-order chi connectivity index (χ0) is 11.7. The molecule has 0 aliphatic heterocycles. The Morgan fingerprint density at radius 1 is 1.40 bits per heavy atom. The predicted molar refractivity (Wildman–Crippen MR) is 63.3 cm³/mol. The average molecular weight is 213 g/mol. The maximum atomic E-state index is 12.1. The average Bonchev–Trinajstić information content (AvgIpc) is 2.15. The van der Waals surface area contributed by atoms with Crippen LogP contribution in [0.4, 0.5) is 10.1 Å². The Labute approximate surface area is 91.1 Å². The summed E-state index contributed by atoms with van der Waals surface area (Å²) in [5, 5.41) is 3.06. The lowest BCUT2D eigenvalue weighted by molar-refractivity contribution is 0.407. The highest BCUT2D eigenvalue weighted by Gasteiger charge is 1.85. The molecular formula is C11H20FN3. The predicted octanol–water partition coefficient (Wildman–Crippen LogP) is 1.18. The number of halogens is 1. The fraction of sp³-hybridized carbons (Fsp3) is 0.455. The van der Waals surface area contributed by atoms with Crippen LogP contribution in [0.25, 0.3) is 0 Å². The normalized spacial score (nSPS) is 9.67. The molecule has 1 aromatic carbocycles. The summed E-state index contributed by atoms with van der Waals surface area (Å²) in [4.78, 5) is 2.15. The molecule has 86 valence electrons. The maximum Gasteiger partial charge on any atom is 0.125 e. The third-order valence-corrected chi connectivity index (χ3v) is 1.66. The molecule has 0 aromatic heterocycles. The summed E-state index contributed by atoms with van der Waals surface area (Å²) < 4.78 is 12.1. The fourth-order valence-electron chi connectivity index (χ4n) is 0.842. The van der Waals surface area contributed by atoms with Crippen molar-refractivity contribution in [1.29, 1.82) is 0 Å². The van der Waals surface area contributed by atoms with Crippen molar-refractivity contribution in [3.8, 4) is 0 Å². The second-order valence-electron chi connectivity index (χ2n) is 3.46. The summed E-state index contributed by atoms with van der Waals surface area (Å²) in [6.07, 6.45) is 0. The van der Waals surface area contributed by atoms with Crippen LogP contribution in [0.15, 0.2) is 24.3 Å². The molecule has 0 radical (unpaired) electrons. The SMILES string of the molecule is CNCCN(C)C.Nc1cccc(F)c1. The second-order valence-corrected chi connectivity index (χ2v) is 3.46. The van der Waals surface area contributed by atoms with Gasteiger partial charge in [0.05, 0.1) is 0 Å². The number of nitrogens with two attached hydrogens (primary N) is 1. The molecule has 3 nitrogen and oxygen atoms in total. The van der Waals surface area contributed by atoms with Crippen LogP contribution in [0.1, 0.15) is 0 Å². The highest BCUT2D eigenvalue weighted by Crippen LogP contribution is 2.02. The van der Waals surface area contributed by atoms with E-state index >= 15 is 0 Å². The Morgan fingerprint density at radius 2 is 2.07 bits per heavy atom. The van der Waals surface area contributed by atoms with Gasteiger partial charge >= 0.3 is 0 Å². The minimum Gasteiger partial charge on any atom is -0.399 e. The second kappa shape index (κ2) is 8.20. The van der Waals surface area contributed by atoms with Crippen molar-refractivity contribution in [3.05, 3.63) is 30.1 Å². The van der Waals surface area contributed by atoms with E-state index in [1.54, 1.807) is 12.1 Å². The summed E-state index contributed by atoms with van der Waals surface area (Å²) in [6, 6.07) is 5.85. The van der Waals surface area contributed by atoms with Crippen molar-refractivity contribution >= 4 is 5.69 Å². The molecule has 1 aromatic rings. The monoisotopic (exact) mass is 213 g/mol. The standard InChI is InChI=1S/C6H6FN.C5H14N2/c7-5-2-1-3-6(8)4-5;1-6-4-5-7(2)3/h1-4H,8H2;6H,4-5H2,1-3H3. The van der Waals surface area contributed by atoms with Crippen LogP contribution >= 0.6 is 0 Å². The van der Waals surface area contributed by atoms with Gasteiger partial charge in [-0.3, -0.25) is 0 Å². The Kier molecular flexibility index (Phi) is 7.58. The van der Waals surface area contributed by atoms with Crippen molar-refractivity contribution in [1.82, 2.24) is 10.2 Å². The quantitative estimate of drug-likeness (QED) is 0.741. The van der Waals surface area contributed by atoms with E-state index in [2.05, 4.69) is 24.3 Å². The van der Waals surface area contributed by atoms with Crippen LogP contribution in [0.2, 0.25) is 0 Å². The van der Waals surface area contributed by atoms with Crippen LogP contribution in [0, 0.1) is 5.82 Å². The Hall–Kier alpha value is -1.13. The lowest BCUT2D eigenvalue weighted by atomic mass is 10.3. The molecule has 0 amide bonds. The molecule has 0 atom stereocenters. The van der Waals surface area contributed by atoms with E-state index in [1.807, 2.05) is 7.05 Å². The van der Waals surface area contributed by atoms with Gasteiger partial charge in [-0.1, -0.05) is 6.07 Å². The molecule has 0 spiro atoms. The van der Waals surface area contributed by atoms with E-state index in [0.717, 1.165) is 13.1 Å². The molecular weight excluding hydrogens is 193 g/mol. The summed E-state index contributed by atoms with van der Waals surface area (Å²) in [7, 11) is 6.10. The number of anilines is 1. The lowest BCUT2D eigenvalue weighted by Crippen LogP contribution is -2.23. The third-order valence-electron chi connectivity index (χ3n) is 1.66. The number of hydrogen-bond acceptors (Lipinski definition) is 3. The van der Waals surface area contributed by atoms with Gasteiger partial charge in [0, 0.05) is 18.8 Å². The van der Waals surface area contributed by atoms with Crippen LogP contribution in [0.5, 0.6) is 0 Å². The number of nitrogens with zero attached hydrogens (tertiary/aromatic N) is 1. The first-order valence-electron chi connectivity index (χ1n) is 4.86. The van der Waals surface area contributed by atoms with Crippen LogP contribution in [-0.4, -0.2) is 39.1 Å². The minimum absolute atomic E-state index is 0.287. The smallest absolute Gasteiger partial charge is 0.125 e. The zero-order valence-corrected chi connectivity index (χ0v) is 9.63. The molecule has 0 heterocycles. The van der Waals surface area contributed by atoms with E-state index < -0.39 is 0 Å². The number of likely N-dealkylation sites (N-methyl/N-ethyl adjacent to an activating group) is 2. The number of hydrogen-bond donors (Lipinski definition) is 2. The van der Waals surface area contributed by atoms with Gasteiger partial charge < -0.3 is 16.0 Å². The molecule has 4 heteroatoms. The van der Waals surface area contributed by atoms with Crippen molar-refractivity contribution in [3.63, 3.8) is 0 Å². The zero-order valence-electron chi connectivity index (χ0n) is 9.63. The lowest BCUT2D eigenvalue weighted by Gasteiger charge is -2.06. The number of rotatable bonds is 3. The van der Waals surface area contributed by atoms with E-state index in [1.165, 1.54) is 12.1 Å². The fourth-order valence-corrected chi connectivity index (χ4v) is 0.842. The first kappa shape index (κ1) is 13.9. The largest absolute Gasteiger partial charge is 0.399 e. The van der Waals surface area contributed by atoms with Gasteiger partial charge in [0.1, 0.15) is 5.82 Å². The van der Waals surface area contributed by atoms with E-state index in [-0.39, 0.29) is 5.82 Å². The van der Waals surface area contributed by atoms with Crippen molar-refractivity contribution in [2.24, 2.45) is 0 Å². The van der Waals surface area contributed by atoms with Gasteiger partial charge in [0.15, 0.2) is 0 Å². The molecule has 0 saturated heterocycles. The number of benzene rings is 1. The molecule has 0 unspecified atom stereocenters. The first-order valence-corrected chi connectivity index (χ1v) is 4.86. The maximum absolute atomic E-state index is 12.1. The first-order chi connectivity index (χ1) is 7.06. The van der Waals surface area contributed by atoms with Gasteiger partial charge in [0.25, 0.3) is 0 Å². The highest BCUT2D eigenvalue weighted by atomic mass is 19.1. The summed E-state index contributed by atoms with van der Waals surface area (Å²) in [6.45, 7) is 2.20. The van der Waals surface area contributed by atoms with Crippen molar-refractivity contribution in [2.45, 2.75) is 0 Å². The summed E-state index contributed by atoms with van der Waals surface area (Å²) in [5.74, 6) is -0.287. The Bertz CT molecular complexity index is 247. The summed E-state index contributed by atoms with van der Waals surface area (Å²) >= 11 is 0. The molecule has 0 fully saturated rings. The Morgan fingerprint density at radius 3 is 2.33 bits per heavy atom. The van der Waals surface area contributed by atoms with E-state index in [9.17, 15) is 4.39 Å². The van der Waals surface area contributed by atoms with Gasteiger partial charge in [-0.05, 0) is 39.3 Å². The third kappa shape index (κ3) is 9.18. The molecule has 0 aliphatic rings. The van der Waals surface area contributed by atoms with Gasteiger partial charge in [0.2, 0.25) is 0 Å². The Balaban J connectivity index is 0.000000265. The number of nitrogens with one attached hydrogen (secondary N) is 1. The summed E-state index contributed by atoms with van der Waals surface area (Å²) in [5.41, 5.74) is 5.68. The van der Waals surface area contributed by atoms with Crippen molar-refractivity contribution < 1.29 is 4.39 Å². The van der Waals surface area contributed by atoms with Gasteiger partial charge in [-0.2, -0.15) is 0 Å². The molecule has 3 N–H and O–H groups in total. The van der Waals surface area contributed by atoms with E-state index in [4.69, 9.17) is 5.73 Å². The molecule has 1 rings (SSSR count). The molecule has 15 heavy (non-hydrogen) atoms.